The molecular formula is C7H9N3OS. The molecule has 0 spiro atoms. The summed E-state index contributed by atoms with van der Waals surface area (Å²) in [6, 6.07) is 1.88. The highest BCUT2D eigenvalue weighted by molar-refractivity contribution is 7.97. The van der Waals surface area contributed by atoms with Gasteiger partial charge in [0.25, 0.3) is 0 Å². The number of nitrogens with one attached hydrogen (secondary N) is 1. The second kappa shape index (κ2) is 4.06. The Morgan fingerprint density at radius 2 is 2.00 bits per heavy atom. The lowest BCUT2D eigenvalue weighted by Gasteiger charge is -1.99. The molecule has 1 heterocycles. The summed E-state index contributed by atoms with van der Waals surface area (Å²) in [6.45, 7) is 3.78. The molecule has 0 aliphatic carbocycles. The number of nitrogens with zero attached hydrogens (tertiary/aromatic N) is 2. The number of carbonyl (C=O) groups excluding carboxylic acids is 1. The molecule has 12 heavy (non-hydrogen) atoms. The second-order valence-corrected chi connectivity index (χ2v) is 3.08. The van der Waals surface area contributed by atoms with Crippen LogP contribution >= 0.6 is 11.9 Å². The molecule has 4 nitrogen and oxygen atoms in total. The maximum Gasteiger partial charge on any atom is 0.217 e. The van der Waals surface area contributed by atoms with Crippen LogP contribution in [0.15, 0.2) is 11.2 Å². The van der Waals surface area contributed by atoms with Gasteiger partial charge in [-0.05, 0) is 19.9 Å². The van der Waals surface area contributed by atoms with Crippen LogP contribution in [-0.4, -0.2) is 16.4 Å². The smallest absolute Gasteiger partial charge is 0.217 e. The Kier molecular flexibility index (Phi) is 3.04. The summed E-state index contributed by atoms with van der Waals surface area (Å²) in [7, 11) is 0. The molecule has 1 aromatic rings. The predicted molar refractivity (Wildman–Crippen MR) is 46.6 cm³/mol. The van der Waals surface area contributed by atoms with Crippen molar-refractivity contribution in [3.63, 3.8) is 0 Å². The van der Waals surface area contributed by atoms with E-state index in [4.69, 9.17) is 0 Å². The summed E-state index contributed by atoms with van der Waals surface area (Å²) in [6.07, 6.45) is 0.603. The van der Waals surface area contributed by atoms with Gasteiger partial charge in [0.2, 0.25) is 11.6 Å². The first-order valence-corrected chi connectivity index (χ1v) is 4.22. The van der Waals surface area contributed by atoms with Crippen LogP contribution in [0.3, 0.4) is 0 Å². The first-order valence-electron chi connectivity index (χ1n) is 3.40. The Bertz CT molecular complexity index is 270. The fraction of sp³-hybridized carbons (Fsp3) is 0.286. The third-order valence-electron chi connectivity index (χ3n) is 1.16. The van der Waals surface area contributed by atoms with Crippen molar-refractivity contribution in [3.8, 4) is 0 Å². The Hall–Kier alpha value is -1.10. The normalized spacial score (nSPS) is 9.50. The summed E-state index contributed by atoms with van der Waals surface area (Å²) < 4.78 is 2.43. The van der Waals surface area contributed by atoms with Gasteiger partial charge in [-0.1, -0.05) is 0 Å². The lowest BCUT2D eigenvalue weighted by molar-refractivity contribution is -0.107. The SMILES string of the molecule is Cc1cc(C)nc(SNC=O)n1. The van der Waals surface area contributed by atoms with Gasteiger partial charge in [-0.15, -0.1) is 0 Å². The number of aryl methyl sites for hydroxylation is 2. The minimum Gasteiger partial charge on any atom is -0.296 e. The van der Waals surface area contributed by atoms with Crippen LogP contribution in [0.1, 0.15) is 11.4 Å². The summed E-state index contributed by atoms with van der Waals surface area (Å²) in [5.74, 6) is 0. The minimum atomic E-state index is 0.569. The van der Waals surface area contributed by atoms with Gasteiger partial charge in [0.1, 0.15) is 0 Å². The predicted octanol–water partition coefficient (Wildman–Crippen LogP) is 0.847. The van der Waals surface area contributed by atoms with E-state index in [0.29, 0.717) is 11.6 Å². The zero-order valence-electron chi connectivity index (χ0n) is 6.87. The minimum absolute atomic E-state index is 0.569. The number of hydrogen-bond acceptors (Lipinski definition) is 4. The monoisotopic (exact) mass is 183 g/mol. The van der Waals surface area contributed by atoms with Crippen LogP contribution in [0, 0.1) is 13.8 Å². The molecule has 0 atom stereocenters. The quantitative estimate of drug-likeness (QED) is 0.429. The van der Waals surface area contributed by atoms with E-state index in [2.05, 4.69) is 14.7 Å². The van der Waals surface area contributed by atoms with Gasteiger partial charge in [-0.25, -0.2) is 9.97 Å². The van der Waals surface area contributed by atoms with Crippen molar-refractivity contribution in [3.05, 3.63) is 17.5 Å². The molecule has 1 amide bonds. The standard InChI is InChI=1S/C7H9N3OS/c1-5-3-6(2)10-7(9-5)12-8-4-11/h3-4H,1-2H3,(H,8,11). The molecule has 0 saturated carbocycles. The zero-order chi connectivity index (χ0) is 8.97. The number of aromatic nitrogens is 2. The van der Waals surface area contributed by atoms with Crippen LogP contribution in [0.4, 0.5) is 0 Å². The topological polar surface area (TPSA) is 54.9 Å². The van der Waals surface area contributed by atoms with Crippen molar-refractivity contribution >= 4 is 18.4 Å². The maximum absolute atomic E-state index is 9.96. The highest BCUT2D eigenvalue weighted by Gasteiger charge is 1.98. The van der Waals surface area contributed by atoms with E-state index in [1.807, 2.05) is 19.9 Å². The molecule has 0 bridgehead atoms. The van der Waals surface area contributed by atoms with Gasteiger partial charge in [0, 0.05) is 23.3 Å². The molecule has 0 aromatic carbocycles. The van der Waals surface area contributed by atoms with Crippen molar-refractivity contribution in [2.24, 2.45) is 0 Å². The lowest BCUT2D eigenvalue weighted by atomic mass is 10.4. The average Bonchev–Trinajstić information content (AvgIpc) is 1.99. The number of carbonyl (C=O) groups is 1. The van der Waals surface area contributed by atoms with E-state index in [-0.39, 0.29) is 0 Å². The zero-order valence-corrected chi connectivity index (χ0v) is 7.68. The summed E-state index contributed by atoms with van der Waals surface area (Å²) in [5, 5.41) is 0.569. The van der Waals surface area contributed by atoms with E-state index in [1.165, 1.54) is 0 Å². The van der Waals surface area contributed by atoms with Gasteiger partial charge in [0.15, 0.2) is 0 Å². The molecular weight excluding hydrogens is 174 g/mol. The van der Waals surface area contributed by atoms with Crippen LogP contribution in [-0.2, 0) is 4.79 Å². The molecule has 1 N–H and O–H groups in total. The molecule has 1 rings (SSSR count). The molecule has 0 aliphatic heterocycles. The van der Waals surface area contributed by atoms with Crippen molar-refractivity contribution in [1.82, 2.24) is 14.7 Å². The Balaban J connectivity index is 2.78. The number of hydrogen-bond donors (Lipinski definition) is 1. The fourth-order valence-corrected chi connectivity index (χ4v) is 1.35. The third kappa shape index (κ3) is 2.50. The summed E-state index contributed by atoms with van der Waals surface area (Å²) in [5.41, 5.74) is 1.80. The van der Waals surface area contributed by atoms with E-state index in [9.17, 15) is 4.79 Å². The molecule has 1 aromatic heterocycles. The van der Waals surface area contributed by atoms with E-state index >= 15 is 0 Å². The van der Waals surface area contributed by atoms with Crippen molar-refractivity contribution in [1.29, 1.82) is 0 Å². The van der Waals surface area contributed by atoms with E-state index < -0.39 is 0 Å². The van der Waals surface area contributed by atoms with Gasteiger partial charge in [-0.3, -0.25) is 9.52 Å². The van der Waals surface area contributed by atoms with Gasteiger partial charge in [0.05, 0.1) is 0 Å². The molecule has 0 fully saturated rings. The van der Waals surface area contributed by atoms with Gasteiger partial charge < -0.3 is 0 Å². The van der Waals surface area contributed by atoms with Crippen molar-refractivity contribution in [2.75, 3.05) is 0 Å². The maximum atomic E-state index is 9.96. The van der Waals surface area contributed by atoms with Crippen LogP contribution in [0.5, 0.6) is 0 Å². The molecule has 64 valence electrons. The van der Waals surface area contributed by atoms with Crippen LogP contribution in [0.2, 0.25) is 0 Å². The van der Waals surface area contributed by atoms with Crippen molar-refractivity contribution < 1.29 is 4.79 Å². The molecule has 5 heteroatoms. The third-order valence-corrected chi connectivity index (χ3v) is 1.74. The van der Waals surface area contributed by atoms with Crippen LogP contribution < -0.4 is 4.72 Å². The highest BCUT2D eigenvalue weighted by atomic mass is 32.2. The van der Waals surface area contributed by atoms with E-state index in [0.717, 1.165) is 23.3 Å². The molecule has 0 unspecified atom stereocenters. The summed E-state index contributed by atoms with van der Waals surface area (Å²) in [4.78, 5) is 18.2. The van der Waals surface area contributed by atoms with E-state index in [1.54, 1.807) is 0 Å². The first-order chi connectivity index (χ1) is 5.72. The highest BCUT2D eigenvalue weighted by Crippen LogP contribution is 2.08. The number of rotatable bonds is 3. The molecule has 0 saturated heterocycles. The first kappa shape index (κ1) is 8.99. The molecule has 0 radical (unpaired) electrons. The second-order valence-electron chi connectivity index (χ2n) is 2.27. The fourth-order valence-electron chi connectivity index (χ4n) is 0.816. The van der Waals surface area contributed by atoms with Crippen LogP contribution in [0.25, 0.3) is 0 Å². The molecule has 0 aliphatic rings. The average molecular weight is 183 g/mol. The van der Waals surface area contributed by atoms with Gasteiger partial charge >= 0.3 is 0 Å². The summed E-state index contributed by atoms with van der Waals surface area (Å²) >= 11 is 1.11. The lowest BCUT2D eigenvalue weighted by Crippen LogP contribution is -2.01. The Labute approximate surface area is 74.9 Å². The Morgan fingerprint density at radius 1 is 1.42 bits per heavy atom. The van der Waals surface area contributed by atoms with Crippen molar-refractivity contribution in [2.45, 2.75) is 19.0 Å². The Morgan fingerprint density at radius 3 is 2.50 bits per heavy atom. The number of amides is 1. The largest absolute Gasteiger partial charge is 0.296 e. The van der Waals surface area contributed by atoms with Gasteiger partial charge in [-0.2, -0.15) is 0 Å².